The first-order valence-corrected chi connectivity index (χ1v) is 7.05. The van der Waals surface area contributed by atoms with Crippen LogP contribution >= 0.6 is 50.5 Å². The standard InChI is InChI=1S/C10H13BrCl2S/c1-3-6(2)4-8(12)9-5-7(11)10(13)14-9/h5-6,8H,3-4H2,1-2H3. The number of hydrogen-bond acceptors (Lipinski definition) is 1. The SMILES string of the molecule is CCC(C)CC(Cl)c1cc(Br)c(Cl)s1. The molecule has 0 N–H and O–H groups in total. The highest BCUT2D eigenvalue weighted by Crippen LogP contribution is 2.39. The Morgan fingerprint density at radius 1 is 1.57 bits per heavy atom. The maximum atomic E-state index is 6.30. The molecule has 1 aromatic heterocycles. The van der Waals surface area contributed by atoms with Gasteiger partial charge in [-0.3, -0.25) is 0 Å². The van der Waals surface area contributed by atoms with E-state index in [0.717, 1.165) is 20.1 Å². The number of thiophene rings is 1. The normalized spacial score (nSPS) is 15.5. The van der Waals surface area contributed by atoms with Crippen LogP contribution in [-0.2, 0) is 0 Å². The molecule has 0 saturated heterocycles. The van der Waals surface area contributed by atoms with Gasteiger partial charge in [0.2, 0.25) is 0 Å². The number of hydrogen-bond donors (Lipinski definition) is 0. The van der Waals surface area contributed by atoms with Gasteiger partial charge in [-0.1, -0.05) is 31.9 Å². The molecular formula is C10H13BrCl2S. The van der Waals surface area contributed by atoms with Crippen molar-refractivity contribution in [2.45, 2.75) is 32.1 Å². The molecular weight excluding hydrogens is 303 g/mol. The van der Waals surface area contributed by atoms with Crippen LogP contribution in [0, 0.1) is 5.92 Å². The van der Waals surface area contributed by atoms with E-state index >= 15 is 0 Å². The highest BCUT2D eigenvalue weighted by atomic mass is 79.9. The molecule has 80 valence electrons. The second-order valence-electron chi connectivity index (χ2n) is 3.49. The molecule has 0 spiro atoms. The summed E-state index contributed by atoms with van der Waals surface area (Å²) >= 11 is 17.2. The summed E-state index contributed by atoms with van der Waals surface area (Å²) in [7, 11) is 0. The lowest BCUT2D eigenvalue weighted by molar-refractivity contribution is 0.510. The fraction of sp³-hybridized carbons (Fsp3) is 0.600. The zero-order chi connectivity index (χ0) is 10.7. The summed E-state index contributed by atoms with van der Waals surface area (Å²) in [6.07, 6.45) is 2.19. The number of rotatable bonds is 4. The Hall–Kier alpha value is 0.760. The van der Waals surface area contributed by atoms with E-state index in [1.54, 1.807) is 11.3 Å². The highest BCUT2D eigenvalue weighted by Gasteiger charge is 2.15. The molecule has 4 heteroatoms. The van der Waals surface area contributed by atoms with E-state index in [-0.39, 0.29) is 5.38 Å². The minimum absolute atomic E-state index is 0.0961. The summed E-state index contributed by atoms with van der Waals surface area (Å²) in [5, 5.41) is 0.0961. The van der Waals surface area contributed by atoms with Gasteiger partial charge in [0, 0.05) is 9.35 Å². The lowest BCUT2D eigenvalue weighted by Crippen LogP contribution is -1.97. The molecule has 1 heterocycles. The molecule has 0 radical (unpaired) electrons. The van der Waals surface area contributed by atoms with Crippen LogP contribution in [-0.4, -0.2) is 0 Å². The second kappa shape index (κ2) is 5.74. The summed E-state index contributed by atoms with van der Waals surface area (Å²) < 4.78 is 1.74. The van der Waals surface area contributed by atoms with Crippen LogP contribution in [0.4, 0.5) is 0 Å². The maximum Gasteiger partial charge on any atom is 0.107 e. The molecule has 1 aromatic rings. The predicted molar refractivity (Wildman–Crippen MR) is 69.7 cm³/mol. The summed E-state index contributed by atoms with van der Waals surface area (Å²) in [6.45, 7) is 4.41. The first-order valence-electron chi connectivity index (χ1n) is 4.63. The third-order valence-electron chi connectivity index (χ3n) is 2.28. The van der Waals surface area contributed by atoms with Gasteiger partial charge in [-0.25, -0.2) is 0 Å². The van der Waals surface area contributed by atoms with Gasteiger partial charge in [0.05, 0.1) is 5.38 Å². The molecule has 1 rings (SSSR count). The summed E-state index contributed by atoms with van der Waals surface area (Å²) in [4.78, 5) is 1.16. The van der Waals surface area contributed by atoms with Crippen molar-refractivity contribution < 1.29 is 0 Å². The van der Waals surface area contributed by atoms with Crippen molar-refractivity contribution in [3.8, 4) is 0 Å². The Morgan fingerprint density at radius 2 is 2.21 bits per heavy atom. The van der Waals surface area contributed by atoms with E-state index < -0.39 is 0 Å². The minimum Gasteiger partial charge on any atom is -0.126 e. The van der Waals surface area contributed by atoms with Gasteiger partial charge in [-0.15, -0.1) is 22.9 Å². The van der Waals surface area contributed by atoms with Gasteiger partial charge in [0.15, 0.2) is 0 Å². The van der Waals surface area contributed by atoms with Crippen molar-refractivity contribution >= 4 is 50.5 Å². The van der Waals surface area contributed by atoms with Crippen LogP contribution in [0.3, 0.4) is 0 Å². The van der Waals surface area contributed by atoms with Crippen molar-refractivity contribution in [3.05, 3.63) is 19.8 Å². The zero-order valence-corrected chi connectivity index (χ0v) is 12.1. The molecule has 0 aromatic carbocycles. The van der Waals surface area contributed by atoms with E-state index in [9.17, 15) is 0 Å². The highest BCUT2D eigenvalue weighted by molar-refractivity contribution is 9.10. The van der Waals surface area contributed by atoms with Crippen molar-refractivity contribution in [1.29, 1.82) is 0 Å². The van der Waals surface area contributed by atoms with Crippen molar-refractivity contribution in [3.63, 3.8) is 0 Å². The lowest BCUT2D eigenvalue weighted by Gasteiger charge is -2.12. The van der Waals surface area contributed by atoms with Gasteiger partial charge in [-0.2, -0.15) is 0 Å². The van der Waals surface area contributed by atoms with Crippen LogP contribution in [0.5, 0.6) is 0 Å². The van der Waals surface area contributed by atoms with Crippen molar-refractivity contribution in [1.82, 2.24) is 0 Å². The topological polar surface area (TPSA) is 0 Å². The van der Waals surface area contributed by atoms with Gasteiger partial charge in [0.1, 0.15) is 4.34 Å². The summed E-state index contributed by atoms with van der Waals surface area (Å²) in [6, 6.07) is 2.02. The van der Waals surface area contributed by atoms with E-state index in [2.05, 4.69) is 29.8 Å². The monoisotopic (exact) mass is 314 g/mol. The third-order valence-corrected chi connectivity index (χ3v) is 5.41. The van der Waals surface area contributed by atoms with E-state index in [1.165, 1.54) is 6.42 Å². The molecule has 0 fully saturated rings. The molecule has 2 unspecified atom stereocenters. The average molecular weight is 316 g/mol. The quantitative estimate of drug-likeness (QED) is 0.608. The van der Waals surface area contributed by atoms with Crippen LogP contribution in [0.2, 0.25) is 4.34 Å². The summed E-state index contributed by atoms with van der Waals surface area (Å²) in [5.74, 6) is 0.664. The van der Waals surface area contributed by atoms with Crippen LogP contribution < -0.4 is 0 Å². The Kier molecular flexibility index (Phi) is 5.26. The number of alkyl halides is 1. The molecule has 0 saturated carbocycles. The predicted octanol–water partition coefficient (Wildman–Crippen LogP) is 5.88. The smallest absolute Gasteiger partial charge is 0.107 e. The summed E-state index contributed by atoms with van der Waals surface area (Å²) in [5.41, 5.74) is 0. The van der Waals surface area contributed by atoms with Crippen molar-refractivity contribution in [2.75, 3.05) is 0 Å². The largest absolute Gasteiger partial charge is 0.126 e. The van der Waals surface area contributed by atoms with E-state index in [4.69, 9.17) is 23.2 Å². The molecule has 0 amide bonds. The van der Waals surface area contributed by atoms with Gasteiger partial charge >= 0.3 is 0 Å². The van der Waals surface area contributed by atoms with Crippen molar-refractivity contribution in [2.24, 2.45) is 5.92 Å². The Labute approximate surface area is 108 Å². The van der Waals surface area contributed by atoms with Gasteiger partial charge in [0.25, 0.3) is 0 Å². The Balaban J connectivity index is 2.64. The Morgan fingerprint density at radius 3 is 2.64 bits per heavy atom. The molecule has 0 bridgehead atoms. The van der Waals surface area contributed by atoms with Crippen LogP contribution in [0.15, 0.2) is 10.5 Å². The first kappa shape index (κ1) is 12.8. The van der Waals surface area contributed by atoms with Crippen LogP contribution in [0.1, 0.15) is 36.9 Å². The van der Waals surface area contributed by atoms with E-state index in [0.29, 0.717) is 5.92 Å². The lowest BCUT2D eigenvalue weighted by atomic mass is 10.0. The second-order valence-corrected chi connectivity index (χ2v) is 6.55. The Bertz CT molecular complexity index is 279. The van der Waals surface area contributed by atoms with Crippen LogP contribution in [0.25, 0.3) is 0 Å². The maximum absolute atomic E-state index is 6.30. The first-order chi connectivity index (χ1) is 6.54. The molecule has 14 heavy (non-hydrogen) atoms. The van der Waals surface area contributed by atoms with Gasteiger partial charge in [-0.05, 0) is 34.3 Å². The molecule has 0 aliphatic carbocycles. The number of halogens is 3. The molecule has 0 aliphatic rings. The molecule has 0 nitrogen and oxygen atoms in total. The molecule has 2 atom stereocenters. The average Bonchev–Trinajstić information content (AvgIpc) is 2.47. The fourth-order valence-electron chi connectivity index (χ4n) is 1.15. The molecule has 0 aliphatic heterocycles. The third kappa shape index (κ3) is 3.41. The minimum atomic E-state index is 0.0961. The zero-order valence-electron chi connectivity index (χ0n) is 8.19. The van der Waals surface area contributed by atoms with E-state index in [1.807, 2.05) is 6.07 Å². The van der Waals surface area contributed by atoms with Gasteiger partial charge < -0.3 is 0 Å². The fourth-order valence-corrected chi connectivity index (χ4v) is 3.38.